The fraction of sp³-hybridized carbons (Fsp3) is 0.667. The molecule has 1 aromatic heterocycles. The number of nitrogens with zero attached hydrogens (tertiary/aromatic N) is 3. The van der Waals surface area contributed by atoms with Crippen LogP contribution in [0.3, 0.4) is 0 Å². The van der Waals surface area contributed by atoms with Crippen molar-refractivity contribution in [3.8, 4) is 0 Å². The number of hydrogen-bond acceptors (Lipinski definition) is 5. The summed E-state index contributed by atoms with van der Waals surface area (Å²) in [6, 6.07) is 0. The first-order valence-electron chi connectivity index (χ1n) is 5.00. The van der Waals surface area contributed by atoms with Crippen LogP contribution in [0.25, 0.3) is 0 Å². The smallest absolute Gasteiger partial charge is 0.306 e. The Bertz CT molecular complexity index is 392. The van der Waals surface area contributed by atoms with Gasteiger partial charge in [-0.25, -0.2) is 0 Å². The molecule has 2 rings (SSSR count). The largest absolute Gasteiger partial charge is 0.481 e. The predicted molar refractivity (Wildman–Crippen MR) is 60.5 cm³/mol. The zero-order valence-corrected chi connectivity index (χ0v) is 10.3. The Morgan fingerprint density at radius 1 is 1.75 bits per heavy atom. The van der Waals surface area contributed by atoms with Crippen LogP contribution in [0.15, 0.2) is 0 Å². The molecule has 1 unspecified atom stereocenters. The minimum atomic E-state index is -0.724. The molecular weight excluding hydrogens is 250 g/mol. The van der Waals surface area contributed by atoms with E-state index in [4.69, 9.17) is 16.7 Å². The average molecular weight is 262 g/mol. The van der Waals surface area contributed by atoms with Gasteiger partial charge < -0.3 is 5.11 Å². The van der Waals surface area contributed by atoms with Crippen molar-refractivity contribution in [1.29, 1.82) is 0 Å². The molecule has 7 heteroatoms. The van der Waals surface area contributed by atoms with E-state index in [-0.39, 0.29) is 11.8 Å². The van der Waals surface area contributed by atoms with E-state index in [1.54, 1.807) is 6.92 Å². The maximum Gasteiger partial charge on any atom is 0.306 e. The molecule has 0 bridgehead atoms. The zero-order chi connectivity index (χ0) is 11.7. The van der Waals surface area contributed by atoms with Gasteiger partial charge in [-0.3, -0.25) is 9.69 Å². The Morgan fingerprint density at radius 2 is 2.44 bits per heavy atom. The maximum absolute atomic E-state index is 10.8. The van der Waals surface area contributed by atoms with Gasteiger partial charge in [-0.15, -0.1) is 5.10 Å². The maximum atomic E-state index is 10.8. The third-order valence-electron chi connectivity index (χ3n) is 2.96. The summed E-state index contributed by atoms with van der Waals surface area (Å²) in [5, 5.41) is 12.8. The van der Waals surface area contributed by atoms with Gasteiger partial charge in [0.05, 0.1) is 5.92 Å². The van der Waals surface area contributed by atoms with Crippen molar-refractivity contribution < 1.29 is 9.90 Å². The molecule has 0 amide bonds. The standard InChI is InChI=1S/C9H12ClN3O2S/c1-5(9(14)15)6-2-13(3-6)4-7-8(10)16-12-11-7/h5-6H,2-4H2,1H3,(H,14,15). The topological polar surface area (TPSA) is 66.3 Å². The number of rotatable bonds is 4. The van der Waals surface area contributed by atoms with Crippen LogP contribution in [0.5, 0.6) is 0 Å². The number of halogens is 1. The van der Waals surface area contributed by atoms with Gasteiger partial charge in [0.1, 0.15) is 10.0 Å². The first-order chi connectivity index (χ1) is 7.58. The summed E-state index contributed by atoms with van der Waals surface area (Å²) >= 11 is 7.06. The van der Waals surface area contributed by atoms with Crippen molar-refractivity contribution in [2.75, 3.05) is 13.1 Å². The molecule has 0 spiro atoms. The second kappa shape index (κ2) is 4.65. The molecule has 5 nitrogen and oxygen atoms in total. The Hall–Kier alpha value is -0.720. The summed E-state index contributed by atoms with van der Waals surface area (Å²) in [6.45, 7) is 4.00. The molecule has 2 heterocycles. The molecule has 16 heavy (non-hydrogen) atoms. The third kappa shape index (κ3) is 2.34. The lowest BCUT2D eigenvalue weighted by atomic mass is 9.87. The number of aromatic nitrogens is 2. The number of carboxylic acid groups (broad SMARTS) is 1. The first kappa shape index (κ1) is 11.8. The molecule has 0 aliphatic carbocycles. The summed E-state index contributed by atoms with van der Waals surface area (Å²) in [6.07, 6.45) is 0. The Labute approximate surface area is 102 Å². The van der Waals surface area contributed by atoms with Crippen LogP contribution in [0.2, 0.25) is 4.34 Å². The van der Waals surface area contributed by atoms with Gasteiger partial charge in [0.25, 0.3) is 0 Å². The molecule has 1 aliphatic rings. The van der Waals surface area contributed by atoms with Crippen molar-refractivity contribution in [1.82, 2.24) is 14.5 Å². The van der Waals surface area contributed by atoms with Crippen LogP contribution >= 0.6 is 23.1 Å². The van der Waals surface area contributed by atoms with Crippen molar-refractivity contribution in [3.63, 3.8) is 0 Å². The van der Waals surface area contributed by atoms with E-state index in [1.165, 1.54) is 11.5 Å². The van der Waals surface area contributed by atoms with E-state index < -0.39 is 5.97 Å². The van der Waals surface area contributed by atoms with Crippen molar-refractivity contribution in [3.05, 3.63) is 10.0 Å². The summed E-state index contributed by atoms with van der Waals surface area (Å²) < 4.78 is 4.37. The monoisotopic (exact) mass is 261 g/mol. The molecule has 1 aliphatic heterocycles. The lowest BCUT2D eigenvalue weighted by molar-refractivity contribution is -0.145. The summed E-state index contributed by atoms with van der Waals surface area (Å²) in [4.78, 5) is 12.9. The molecule has 0 aromatic carbocycles. The Morgan fingerprint density at radius 3 is 2.94 bits per heavy atom. The number of likely N-dealkylation sites (tertiary alicyclic amines) is 1. The van der Waals surface area contributed by atoms with Crippen LogP contribution in [0.4, 0.5) is 0 Å². The summed E-state index contributed by atoms with van der Waals surface area (Å²) in [5.41, 5.74) is 0.785. The summed E-state index contributed by atoms with van der Waals surface area (Å²) in [7, 11) is 0. The number of hydrogen-bond donors (Lipinski definition) is 1. The molecular formula is C9H12ClN3O2S. The minimum Gasteiger partial charge on any atom is -0.481 e. The van der Waals surface area contributed by atoms with Crippen LogP contribution in [-0.4, -0.2) is 38.7 Å². The molecule has 1 N–H and O–H groups in total. The highest BCUT2D eigenvalue weighted by Gasteiger charge is 2.34. The highest BCUT2D eigenvalue weighted by atomic mass is 35.5. The molecule has 88 valence electrons. The van der Waals surface area contributed by atoms with Gasteiger partial charge in [-0.2, -0.15) is 0 Å². The van der Waals surface area contributed by atoms with Gasteiger partial charge in [-0.05, 0) is 5.92 Å². The van der Waals surface area contributed by atoms with Crippen LogP contribution in [0, 0.1) is 11.8 Å². The number of carbonyl (C=O) groups is 1. The highest BCUT2D eigenvalue weighted by Crippen LogP contribution is 2.27. The van der Waals surface area contributed by atoms with E-state index in [1.807, 2.05) is 0 Å². The Kier molecular flexibility index (Phi) is 3.41. The first-order valence-corrected chi connectivity index (χ1v) is 6.15. The van der Waals surface area contributed by atoms with Gasteiger partial charge in [0, 0.05) is 31.2 Å². The molecule has 1 atom stereocenters. The average Bonchev–Trinajstić information content (AvgIpc) is 2.56. The van der Waals surface area contributed by atoms with Crippen molar-refractivity contribution in [2.45, 2.75) is 13.5 Å². The normalized spacial score (nSPS) is 19.4. The van der Waals surface area contributed by atoms with Crippen molar-refractivity contribution >= 4 is 29.1 Å². The second-order valence-electron chi connectivity index (χ2n) is 4.07. The minimum absolute atomic E-state index is 0.239. The van der Waals surface area contributed by atoms with Gasteiger partial charge >= 0.3 is 5.97 Å². The van der Waals surface area contributed by atoms with Crippen LogP contribution in [-0.2, 0) is 11.3 Å². The zero-order valence-electron chi connectivity index (χ0n) is 8.76. The van der Waals surface area contributed by atoms with Gasteiger partial charge in [-0.1, -0.05) is 23.0 Å². The summed E-state index contributed by atoms with van der Waals surface area (Å²) in [5.74, 6) is -0.763. The quantitative estimate of drug-likeness (QED) is 0.886. The van der Waals surface area contributed by atoms with E-state index >= 15 is 0 Å². The van der Waals surface area contributed by atoms with E-state index in [2.05, 4.69) is 14.5 Å². The molecule has 1 fully saturated rings. The third-order valence-corrected chi connectivity index (χ3v) is 3.95. The van der Waals surface area contributed by atoms with Gasteiger partial charge in [0.15, 0.2) is 0 Å². The fourth-order valence-corrected chi connectivity index (χ4v) is 2.37. The van der Waals surface area contributed by atoms with E-state index in [0.717, 1.165) is 18.8 Å². The Balaban J connectivity index is 1.81. The molecule has 1 aromatic rings. The van der Waals surface area contributed by atoms with E-state index in [9.17, 15) is 4.79 Å². The molecule has 1 saturated heterocycles. The SMILES string of the molecule is CC(C(=O)O)C1CN(Cc2nnsc2Cl)C1. The molecule has 0 radical (unpaired) electrons. The van der Waals surface area contributed by atoms with Gasteiger partial charge in [0.2, 0.25) is 0 Å². The lowest BCUT2D eigenvalue weighted by Gasteiger charge is -2.40. The molecule has 0 saturated carbocycles. The van der Waals surface area contributed by atoms with E-state index in [0.29, 0.717) is 10.9 Å². The van der Waals surface area contributed by atoms with Crippen molar-refractivity contribution in [2.24, 2.45) is 11.8 Å². The van der Waals surface area contributed by atoms with Crippen LogP contribution < -0.4 is 0 Å². The predicted octanol–water partition coefficient (Wildman–Crippen LogP) is 1.34. The van der Waals surface area contributed by atoms with Crippen LogP contribution in [0.1, 0.15) is 12.6 Å². The fourth-order valence-electron chi connectivity index (χ4n) is 1.76. The number of aliphatic carboxylic acids is 1. The second-order valence-corrected chi connectivity index (χ2v) is 5.43. The lowest BCUT2D eigenvalue weighted by Crippen LogP contribution is -2.50. The highest BCUT2D eigenvalue weighted by molar-refractivity contribution is 7.10. The number of carboxylic acids is 1.